The topological polar surface area (TPSA) is 50.4 Å². The molecule has 2 heterocycles. The van der Waals surface area contributed by atoms with Crippen molar-refractivity contribution in [1.82, 2.24) is 10.6 Å². The fraction of sp³-hybridized carbons (Fsp3) is 0.588. The number of hydrogen-bond acceptors (Lipinski definition) is 3. The van der Waals surface area contributed by atoms with Gasteiger partial charge in [-0.2, -0.15) is 0 Å². The van der Waals surface area contributed by atoms with Gasteiger partial charge >= 0.3 is 0 Å². The standard InChI is InChI=1S/C17H24N2O2/c1-13-4-2-3-5-15(13)17(6-8-21-9-7-17)12-19-16(20)14-10-18-11-14/h2-5,14,18H,6-12H2,1H3,(H,19,20). The van der Waals surface area contributed by atoms with E-state index < -0.39 is 0 Å². The Bertz CT molecular complexity index is 505. The first-order valence-corrected chi connectivity index (χ1v) is 7.84. The molecule has 2 fully saturated rings. The zero-order chi connectivity index (χ0) is 14.7. The number of nitrogens with one attached hydrogen (secondary N) is 2. The predicted molar refractivity (Wildman–Crippen MR) is 82.3 cm³/mol. The SMILES string of the molecule is Cc1ccccc1C1(CNC(=O)C2CNC2)CCOCC1. The van der Waals surface area contributed by atoms with E-state index in [4.69, 9.17) is 4.74 Å². The Labute approximate surface area is 126 Å². The van der Waals surface area contributed by atoms with Gasteiger partial charge < -0.3 is 15.4 Å². The summed E-state index contributed by atoms with van der Waals surface area (Å²) in [5, 5.41) is 6.34. The van der Waals surface area contributed by atoms with E-state index in [9.17, 15) is 4.79 Å². The first-order valence-electron chi connectivity index (χ1n) is 7.84. The van der Waals surface area contributed by atoms with Crippen molar-refractivity contribution < 1.29 is 9.53 Å². The third-order valence-corrected chi connectivity index (χ3v) is 4.92. The molecule has 1 aromatic rings. The van der Waals surface area contributed by atoms with Crippen molar-refractivity contribution in [3.05, 3.63) is 35.4 Å². The molecule has 2 aliphatic rings. The highest BCUT2D eigenvalue weighted by Crippen LogP contribution is 2.36. The van der Waals surface area contributed by atoms with Gasteiger partial charge in [-0.25, -0.2) is 0 Å². The van der Waals surface area contributed by atoms with E-state index in [-0.39, 0.29) is 17.2 Å². The van der Waals surface area contributed by atoms with Gasteiger partial charge in [0.1, 0.15) is 0 Å². The number of hydrogen-bond donors (Lipinski definition) is 2. The number of ether oxygens (including phenoxy) is 1. The Hall–Kier alpha value is -1.39. The molecule has 0 radical (unpaired) electrons. The molecule has 0 aliphatic carbocycles. The Morgan fingerprint density at radius 3 is 2.67 bits per heavy atom. The van der Waals surface area contributed by atoms with Crippen LogP contribution in [0.1, 0.15) is 24.0 Å². The summed E-state index contributed by atoms with van der Waals surface area (Å²) in [6.07, 6.45) is 1.95. The molecule has 114 valence electrons. The fourth-order valence-corrected chi connectivity index (χ4v) is 3.35. The summed E-state index contributed by atoms with van der Waals surface area (Å²) in [6.45, 7) is 6.05. The monoisotopic (exact) mass is 288 g/mol. The van der Waals surface area contributed by atoms with Gasteiger partial charge in [0.25, 0.3) is 0 Å². The molecule has 2 aliphatic heterocycles. The maximum Gasteiger partial charge on any atom is 0.225 e. The van der Waals surface area contributed by atoms with Crippen LogP contribution in [0.5, 0.6) is 0 Å². The number of amides is 1. The number of rotatable bonds is 4. The summed E-state index contributed by atoms with van der Waals surface area (Å²) >= 11 is 0. The average Bonchev–Trinajstić information content (AvgIpc) is 2.45. The van der Waals surface area contributed by atoms with Gasteiger partial charge in [0.15, 0.2) is 0 Å². The van der Waals surface area contributed by atoms with Gasteiger partial charge in [-0.3, -0.25) is 4.79 Å². The van der Waals surface area contributed by atoms with Crippen LogP contribution in [0.25, 0.3) is 0 Å². The van der Waals surface area contributed by atoms with E-state index in [0.717, 1.165) is 45.7 Å². The van der Waals surface area contributed by atoms with Crippen LogP contribution in [0.4, 0.5) is 0 Å². The third-order valence-electron chi connectivity index (χ3n) is 4.92. The molecule has 1 amide bonds. The first kappa shape index (κ1) is 14.5. The number of aryl methyl sites for hydroxylation is 1. The lowest BCUT2D eigenvalue weighted by Gasteiger charge is -2.39. The minimum atomic E-state index is 0.0242. The van der Waals surface area contributed by atoms with Crippen molar-refractivity contribution in [1.29, 1.82) is 0 Å². The van der Waals surface area contributed by atoms with Crippen LogP contribution >= 0.6 is 0 Å². The highest BCUT2D eigenvalue weighted by Gasteiger charge is 2.36. The van der Waals surface area contributed by atoms with E-state index in [1.54, 1.807) is 0 Å². The van der Waals surface area contributed by atoms with Gasteiger partial charge in [-0.15, -0.1) is 0 Å². The van der Waals surface area contributed by atoms with E-state index in [2.05, 4.69) is 41.8 Å². The largest absolute Gasteiger partial charge is 0.381 e. The summed E-state index contributed by atoms with van der Waals surface area (Å²) in [6, 6.07) is 8.53. The second-order valence-corrected chi connectivity index (χ2v) is 6.28. The maximum absolute atomic E-state index is 12.1. The quantitative estimate of drug-likeness (QED) is 0.880. The molecule has 0 aromatic heterocycles. The number of benzene rings is 1. The lowest BCUT2D eigenvalue weighted by molar-refractivity contribution is -0.126. The number of carbonyl (C=O) groups is 1. The smallest absolute Gasteiger partial charge is 0.225 e. The van der Waals surface area contributed by atoms with Gasteiger partial charge in [0.2, 0.25) is 5.91 Å². The highest BCUT2D eigenvalue weighted by atomic mass is 16.5. The van der Waals surface area contributed by atoms with Crippen molar-refractivity contribution in [2.24, 2.45) is 5.92 Å². The van der Waals surface area contributed by atoms with Gasteiger partial charge in [0, 0.05) is 38.3 Å². The van der Waals surface area contributed by atoms with E-state index in [1.165, 1.54) is 11.1 Å². The Kier molecular flexibility index (Phi) is 4.27. The number of carbonyl (C=O) groups excluding carboxylic acids is 1. The molecule has 21 heavy (non-hydrogen) atoms. The molecular formula is C17H24N2O2. The van der Waals surface area contributed by atoms with E-state index in [0.29, 0.717) is 0 Å². The molecule has 4 heteroatoms. The van der Waals surface area contributed by atoms with Crippen LogP contribution in [0, 0.1) is 12.8 Å². The first-order chi connectivity index (χ1) is 10.2. The van der Waals surface area contributed by atoms with E-state index in [1.807, 2.05) is 0 Å². The van der Waals surface area contributed by atoms with Crippen molar-refractivity contribution >= 4 is 5.91 Å². The predicted octanol–water partition coefficient (Wildman–Crippen LogP) is 1.38. The molecule has 0 spiro atoms. The zero-order valence-electron chi connectivity index (χ0n) is 12.7. The average molecular weight is 288 g/mol. The summed E-state index contributed by atoms with van der Waals surface area (Å²) < 4.78 is 5.55. The molecule has 2 N–H and O–H groups in total. The van der Waals surface area contributed by atoms with Crippen molar-refractivity contribution in [3.8, 4) is 0 Å². The molecule has 0 saturated carbocycles. The summed E-state index contributed by atoms with van der Waals surface area (Å²) in [5.74, 6) is 0.340. The Morgan fingerprint density at radius 2 is 2.05 bits per heavy atom. The van der Waals surface area contributed by atoms with Gasteiger partial charge in [-0.05, 0) is 30.9 Å². The third kappa shape index (κ3) is 2.97. The summed E-state index contributed by atoms with van der Waals surface area (Å²) in [4.78, 5) is 12.1. The molecule has 1 aromatic carbocycles. The second-order valence-electron chi connectivity index (χ2n) is 6.28. The van der Waals surface area contributed by atoms with Crippen LogP contribution in [0.3, 0.4) is 0 Å². The summed E-state index contributed by atoms with van der Waals surface area (Å²) in [5.41, 5.74) is 2.69. The minimum Gasteiger partial charge on any atom is -0.381 e. The molecule has 3 rings (SSSR count). The van der Waals surface area contributed by atoms with Crippen LogP contribution in [-0.4, -0.2) is 38.8 Å². The van der Waals surface area contributed by atoms with Crippen molar-refractivity contribution in [3.63, 3.8) is 0 Å². The highest BCUT2D eigenvalue weighted by molar-refractivity contribution is 5.80. The van der Waals surface area contributed by atoms with Gasteiger partial charge in [0.05, 0.1) is 5.92 Å². The Morgan fingerprint density at radius 1 is 1.33 bits per heavy atom. The van der Waals surface area contributed by atoms with Crippen LogP contribution < -0.4 is 10.6 Å². The molecule has 2 saturated heterocycles. The van der Waals surface area contributed by atoms with E-state index >= 15 is 0 Å². The molecular weight excluding hydrogens is 264 g/mol. The Balaban J connectivity index is 1.76. The minimum absolute atomic E-state index is 0.0242. The normalized spacial score (nSPS) is 21.6. The lowest BCUT2D eigenvalue weighted by atomic mass is 9.72. The van der Waals surface area contributed by atoms with Crippen LogP contribution in [0.2, 0.25) is 0 Å². The summed E-state index contributed by atoms with van der Waals surface area (Å²) in [7, 11) is 0. The fourth-order valence-electron chi connectivity index (χ4n) is 3.35. The van der Waals surface area contributed by atoms with Crippen molar-refractivity contribution in [2.45, 2.75) is 25.2 Å². The molecule has 0 unspecified atom stereocenters. The van der Waals surface area contributed by atoms with Gasteiger partial charge in [-0.1, -0.05) is 24.3 Å². The van der Waals surface area contributed by atoms with Crippen LogP contribution in [0.15, 0.2) is 24.3 Å². The lowest BCUT2D eigenvalue weighted by Crippen LogP contribution is -2.53. The zero-order valence-corrected chi connectivity index (χ0v) is 12.7. The van der Waals surface area contributed by atoms with Crippen molar-refractivity contribution in [2.75, 3.05) is 32.8 Å². The second kappa shape index (κ2) is 6.16. The molecule has 0 bridgehead atoms. The molecule has 4 nitrogen and oxygen atoms in total. The van der Waals surface area contributed by atoms with Crippen LogP contribution in [-0.2, 0) is 14.9 Å². The molecule has 0 atom stereocenters. The maximum atomic E-state index is 12.1.